The van der Waals surface area contributed by atoms with Crippen molar-refractivity contribution in [1.82, 2.24) is 9.88 Å². The lowest BCUT2D eigenvalue weighted by Gasteiger charge is -2.30. The molecule has 35 heavy (non-hydrogen) atoms. The summed E-state index contributed by atoms with van der Waals surface area (Å²) >= 11 is 5.39. The van der Waals surface area contributed by atoms with Crippen molar-refractivity contribution in [3.8, 4) is 0 Å². The molecule has 4 aromatic rings. The smallest absolute Gasteiger partial charge is 0.270 e. The molecule has 1 saturated heterocycles. The Hall–Kier alpha value is -4.03. The van der Waals surface area contributed by atoms with Gasteiger partial charge in [0.1, 0.15) is 5.57 Å². The van der Waals surface area contributed by atoms with Crippen LogP contribution >= 0.6 is 12.2 Å². The molecule has 2 amide bonds. The van der Waals surface area contributed by atoms with Crippen molar-refractivity contribution in [2.45, 2.75) is 27.3 Å². The average Bonchev–Trinajstić information content (AvgIpc) is 3.17. The molecule has 1 aliphatic rings. The van der Waals surface area contributed by atoms with Crippen molar-refractivity contribution in [1.29, 1.82) is 0 Å². The lowest BCUT2D eigenvalue weighted by molar-refractivity contribution is -0.122. The van der Waals surface area contributed by atoms with Crippen molar-refractivity contribution in [3.63, 3.8) is 0 Å². The second kappa shape index (κ2) is 8.96. The summed E-state index contributed by atoms with van der Waals surface area (Å²) in [6, 6.07) is 22.3. The van der Waals surface area contributed by atoms with Gasteiger partial charge in [-0.05, 0) is 67.9 Å². The zero-order valence-corrected chi connectivity index (χ0v) is 20.6. The van der Waals surface area contributed by atoms with Gasteiger partial charge in [0.15, 0.2) is 5.11 Å². The van der Waals surface area contributed by atoms with Crippen LogP contribution in [0, 0.1) is 20.8 Å². The van der Waals surface area contributed by atoms with Crippen LogP contribution in [0.2, 0.25) is 0 Å². The SMILES string of the molecule is Cc1ccc(Cn2cc(/C=C3\C(=O)NC(=S)N(c4cc(C)ccc4C)C3=O)c3ccccc32)cc1. The number of nitrogens with zero attached hydrogens (tertiary/aromatic N) is 2. The van der Waals surface area contributed by atoms with Gasteiger partial charge < -0.3 is 4.57 Å². The van der Waals surface area contributed by atoms with Crippen LogP contribution in [0.15, 0.2) is 78.5 Å². The largest absolute Gasteiger partial charge is 0.342 e. The third-order valence-corrected chi connectivity index (χ3v) is 6.58. The summed E-state index contributed by atoms with van der Waals surface area (Å²) in [4.78, 5) is 27.9. The number of hydrogen-bond acceptors (Lipinski definition) is 3. The summed E-state index contributed by atoms with van der Waals surface area (Å²) in [5.74, 6) is -0.917. The molecule has 1 aromatic heterocycles. The lowest BCUT2D eigenvalue weighted by atomic mass is 10.0. The highest BCUT2D eigenvalue weighted by Gasteiger charge is 2.35. The van der Waals surface area contributed by atoms with Crippen LogP contribution in [0.3, 0.4) is 0 Å². The highest BCUT2D eigenvalue weighted by Crippen LogP contribution is 2.29. The van der Waals surface area contributed by atoms with E-state index in [2.05, 4.69) is 41.1 Å². The van der Waals surface area contributed by atoms with E-state index in [0.29, 0.717) is 12.2 Å². The summed E-state index contributed by atoms with van der Waals surface area (Å²) < 4.78 is 2.14. The van der Waals surface area contributed by atoms with E-state index in [9.17, 15) is 9.59 Å². The fourth-order valence-electron chi connectivity index (χ4n) is 4.40. The van der Waals surface area contributed by atoms with Gasteiger partial charge in [-0.15, -0.1) is 0 Å². The second-order valence-electron chi connectivity index (χ2n) is 8.96. The summed E-state index contributed by atoms with van der Waals surface area (Å²) in [6.07, 6.45) is 3.67. The normalized spacial score (nSPS) is 15.2. The average molecular weight is 480 g/mol. The van der Waals surface area contributed by atoms with Gasteiger partial charge in [-0.2, -0.15) is 0 Å². The number of nitrogens with one attached hydrogen (secondary N) is 1. The first-order chi connectivity index (χ1) is 16.8. The molecule has 2 heterocycles. The van der Waals surface area contributed by atoms with Gasteiger partial charge in [0.25, 0.3) is 11.8 Å². The number of para-hydroxylation sites is 1. The molecular weight excluding hydrogens is 454 g/mol. The number of amides is 2. The van der Waals surface area contributed by atoms with Crippen LogP contribution in [0.1, 0.15) is 27.8 Å². The number of anilines is 1. The molecule has 6 heteroatoms. The van der Waals surface area contributed by atoms with E-state index in [0.717, 1.165) is 27.6 Å². The molecule has 0 spiro atoms. The number of hydrogen-bond donors (Lipinski definition) is 1. The zero-order chi connectivity index (χ0) is 24.7. The van der Waals surface area contributed by atoms with Gasteiger partial charge in [0.05, 0.1) is 5.69 Å². The molecule has 0 bridgehead atoms. The van der Waals surface area contributed by atoms with Gasteiger partial charge in [-0.25, -0.2) is 0 Å². The lowest BCUT2D eigenvalue weighted by Crippen LogP contribution is -2.54. The monoisotopic (exact) mass is 479 g/mol. The second-order valence-corrected chi connectivity index (χ2v) is 9.35. The van der Waals surface area contributed by atoms with Crippen LogP contribution in [0.4, 0.5) is 5.69 Å². The maximum atomic E-state index is 13.6. The Bertz CT molecular complexity index is 1530. The molecule has 0 aliphatic carbocycles. The first-order valence-corrected chi connectivity index (χ1v) is 11.8. The standard InChI is InChI=1S/C29H25N3O2S/c1-18-9-12-21(13-10-18)16-31-17-22(23-6-4-5-7-25(23)31)15-24-27(33)30-29(35)32(28(24)34)26-14-19(2)8-11-20(26)3/h4-15,17H,16H2,1-3H3,(H,30,33,35)/b24-15+. The Morgan fingerprint density at radius 1 is 0.914 bits per heavy atom. The maximum absolute atomic E-state index is 13.6. The van der Waals surface area contributed by atoms with E-state index in [1.54, 1.807) is 6.08 Å². The number of benzene rings is 3. The number of aryl methyl sites for hydroxylation is 3. The molecule has 1 N–H and O–H groups in total. The van der Waals surface area contributed by atoms with Gasteiger partial charge in [0, 0.05) is 29.2 Å². The Kier molecular flexibility index (Phi) is 5.83. The van der Waals surface area contributed by atoms with Gasteiger partial charge >= 0.3 is 0 Å². The Balaban J connectivity index is 1.58. The molecule has 0 atom stereocenters. The maximum Gasteiger partial charge on any atom is 0.270 e. The predicted octanol–water partition coefficient (Wildman–Crippen LogP) is 5.45. The molecule has 5 rings (SSSR count). The molecule has 5 nitrogen and oxygen atoms in total. The molecular formula is C29H25N3O2S. The highest BCUT2D eigenvalue weighted by molar-refractivity contribution is 7.80. The molecule has 174 valence electrons. The zero-order valence-electron chi connectivity index (χ0n) is 19.8. The molecule has 3 aromatic carbocycles. The van der Waals surface area contributed by atoms with Crippen LogP contribution in [-0.4, -0.2) is 21.5 Å². The van der Waals surface area contributed by atoms with Crippen LogP contribution in [0.5, 0.6) is 0 Å². The van der Waals surface area contributed by atoms with Crippen molar-refractivity contribution in [2.75, 3.05) is 4.90 Å². The van der Waals surface area contributed by atoms with E-state index in [4.69, 9.17) is 12.2 Å². The molecule has 0 unspecified atom stereocenters. The quantitative estimate of drug-likeness (QED) is 0.241. The fourth-order valence-corrected chi connectivity index (χ4v) is 4.68. The van der Waals surface area contributed by atoms with E-state index < -0.39 is 11.8 Å². The van der Waals surface area contributed by atoms with E-state index in [-0.39, 0.29) is 10.7 Å². The summed E-state index contributed by atoms with van der Waals surface area (Å²) in [5, 5.41) is 3.76. The molecule has 1 fully saturated rings. The number of rotatable bonds is 4. The van der Waals surface area contributed by atoms with E-state index in [1.807, 2.05) is 62.5 Å². The first-order valence-electron chi connectivity index (χ1n) is 11.4. The summed E-state index contributed by atoms with van der Waals surface area (Å²) in [7, 11) is 0. The Morgan fingerprint density at radius 2 is 1.63 bits per heavy atom. The van der Waals surface area contributed by atoms with Gasteiger partial charge in [-0.1, -0.05) is 60.2 Å². The predicted molar refractivity (Wildman–Crippen MR) is 144 cm³/mol. The number of fused-ring (bicyclic) bond motifs is 1. The van der Waals surface area contributed by atoms with Crippen molar-refractivity contribution < 1.29 is 9.59 Å². The number of carbonyl (C=O) groups is 2. The minimum absolute atomic E-state index is 0.0535. The minimum atomic E-state index is -0.489. The molecule has 1 aliphatic heterocycles. The number of thiocarbonyl (C=S) groups is 1. The first kappa shape index (κ1) is 22.7. The van der Waals surface area contributed by atoms with Gasteiger partial charge in [0.2, 0.25) is 0 Å². The third kappa shape index (κ3) is 4.29. The van der Waals surface area contributed by atoms with Gasteiger partial charge in [-0.3, -0.25) is 19.8 Å². The molecule has 0 radical (unpaired) electrons. The van der Waals surface area contributed by atoms with Crippen LogP contribution < -0.4 is 10.2 Å². The fraction of sp³-hybridized carbons (Fsp3) is 0.138. The van der Waals surface area contributed by atoms with E-state index >= 15 is 0 Å². The molecule has 0 saturated carbocycles. The van der Waals surface area contributed by atoms with Crippen molar-refractivity contribution in [2.24, 2.45) is 0 Å². The Morgan fingerprint density at radius 3 is 2.40 bits per heavy atom. The number of carbonyl (C=O) groups excluding carboxylic acids is 2. The third-order valence-electron chi connectivity index (χ3n) is 6.30. The Labute approximate surface area is 209 Å². The topological polar surface area (TPSA) is 54.3 Å². The van der Waals surface area contributed by atoms with E-state index in [1.165, 1.54) is 16.0 Å². The van der Waals surface area contributed by atoms with Crippen molar-refractivity contribution >= 4 is 51.8 Å². The summed E-state index contributed by atoms with van der Waals surface area (Å²) in [6.45, 7) is 6.63. The van der Waals surface area contributed by atoms with Crippen molar-refractivity contribution in [3.05, 3.63) is 106 Å². The number of aromatic nitrogens is 1. The highest BCUT2D eigenvalue weighted by atomic mass is 32.1. The van der Waals surface area contributed by atoms with Crippen LogP contribution in [0.25, 0.3) is 17.0 Å². The van der Waals surface area contributed by atoms with Crippen LogP contribution in [-0.2, 0) is 16.1 Å². The summed E-state index contributed by atoms with van der Waals surface area (Å²) in [5.41, 5.74) is 6.85. The minimum Gasteiger partial charge on any atom is -0.342 e.